The van der Waals surface area contributed by atoms with E-state index in [1.165, 1.54) is 12.5 Å². The van der Waals surface area contributed by atoms with E-state index in [1.54, 1.807) is 0 Å². The Labute approximate surface area is 83.9 Å². The van der Waals surface area contributed by atoms with Gasteiger partial charge in [-0.2, -0.15) is 13.5 Å². The Hall–Kier alpha value is -1.81. The van der Waals surface area contributed by atoms with Crippen LogP contribution in [0.25, 0.3) is 11.5 Å². The molecular weight excluding hydrogens is 224 g/mol. The van der Waals surface area contributed by atoms with Crippen molar-refractivity contribution in [3.8, 4) is 11.5 Å². The first kappa shape index (κ1) is 9.73. The molecule has 9 nitrogen and oxygen atoms in total. The monoisotopic (exact) mass is 230 g/mol. The van der Waals surface area contributed by atoms with Crippen molar-refractivity contribution in [2.45, 2.75) is 5.88 Å². The Morgan fingerprint density at radius 1 is 1.53 bits per heavy atom. The molecule has 0 unspecified atom stereocenters. The van der Waals surface area contributed by atoms with Gasteiger partial charge in [-0.25, -0.2) is 9.67 Å². The van der Waals surface area contributed by atoms with Crippen LogP contribution in [-0.4, -0.2) is 43.1 Å². The molecule has 80 valence electrons. The molecule has 2 rings (SSSR count). The van der Waals surface area contributed by atoms with E-state index in [1.807, 2.05) is 0 Å². The number of aromatic nitrogens is 6. The van der Waals surface area contributed by atoms with Crippen LogP contribution in [0, 0.1) is 0 Å². The van der Waals surface area contributed by atoms with Crippen LogP contribution in [0.15, 0.2) is 12.5 Å². The fourth-order valence-corrected chi connectivity index (χ4v) is 1.52. The van der Waals surface area contributed by atoms with Crippen LogP contribution in [0.4, 0.5) is 0 Å². The second-order valence-corrected chi connectivity index (χ2v) is 4.09. The first-order valence-corrected chi connectivity index (χ1v) is 5.36. The van der Waals surface area contributed by atoms with E-state index in [0.717, 1.165) is 4.68 Å². The van der Waals surface area contributed by atoms with E-state index in [0.29, 0.717) is 11.5 Å². The van der Waals surface area contributed by atoms with Crippen LogP contribution in [0.5, 0.6) is 0 Å². The number of rotatable bonds is 3. The van der Waals surface area contributed by atoms with Gasteiger partial charge in [0.25, 0.3) is 10.1 Å². The van der Waals surface area contributed by atoms with Crippen molar-refractivity contribution in [2.24, 2.45) is 0 Å². The minimum atomic E-state index is -4.16. The topological polar surface area (TPSA) is 127 Å². The van der Waals surface area contributed by atoms with E-state index in [-0.39, 0.29) is 0 Å². The van der Waals surface area contributed by atoms with Gasteiger partial charge in [0.05, 0.1) is 6.20 Å². The molecule has 0 amide bonds. The molecule has 0 saturated heterocycles. The SMILES string of the molecule is O=S(=O)(O)Cn1nncc1-c1ncn[nH]1. The molecule has 0 bridgehead atoms. The highest BCUT2D eigenvalue weighted by Crippen LogP contribution is 2.11. The number of H-pyrrole nitrogens is 1. The second kappa shape index (κ2) is 3.40. The lowest BCUT2D eigenvalue weighted by Gasteiger charge is -2.00. The van der Waals surface area contributed by atoms with Crippen LogP contribution in [0.1, 0.15) is 0 Å². The van der Waals surface area contributed by atoms with Crippen LogP contribution >= 0.6 is 0 Å². The molecule has 0 spiro atoms. The van der Waals surface area contributed by atoms with E-state index >= 15 is 0 Å². The van der Waals surface area contributed by atoms with Gasteiger partial charge in [0.2, 0.25) is 0 Å². The molecule has 2 aromatic rings. The van der Waals surface area contributed by atoms with Gasteiger partial charge in [0, 0.05) is 0 Å². The maximum absolute atomic E-state index is 10.6. The summed E-state index contributed by atoms with van der Waals surface area (Å²) in [7, 11) is -4.16. The number of nitrogens with one attached hydrogen (secondary N) is 1. The lowest BCUT2D eigenvalue weighted by atomic mass is 10.4. The number of nitrogens with zero attached hydrogens (tertiary/aromatic N) is 5. The Morgan fingerprint density at radius 2 is 2.33 bits per heavy atom. The summed E-state index contributed by atoms with van der Waals surface area (Å²) in [5.74, 6) is -0.355. The molecule has 0 aromatic carbocycles. The van der Waals surface area contributed by atoms with E-state index in [9.17, 15) is 8.42 Å². The molecule has 10 heteroatoms. The molecule has 2 N–H and O–H groups in total. The third kappa shape index (κ3) is 2.16. The predicted molar refractivity (Wildman–Crippen MR) is 46.9 cm³/mol. The zero-order valence-electron chi connectivity index (χ0n) is 7.27. The zero-order chi connectivity index (χ0) is 10.9. The Balaban J connectivity index is 2.39. The summed E-state index contributed by atoms with van der Waals surface area (Å²) in [6, 6.07) is 0. The Kier molecular flexibility index (Phi) is 2.21. The van der Waals surface area contributed by atoms with Gasteiger partial charge in [0.1, 0.15) is 12.0 Å². The van der Waals surface area contributed by atoms with Crippen molar-refractivity contribution in [2.75, 3.05) is 0 Å². The third-order valence-corrected chi connectivity index (χ3v) is 2.13. The standard InChI is InChI=1S/C5H6N6O3S/c12-15(13,14)3-11-4(1-7-10-11)5-6-2-8-9-5/h1-2H,3H2,(H,6,8,9)(H,12,13,14). The predicted octanol–water partition coefficient (Wildman–Crippen LogP) is -1.09. The van der Waals surface area contributed by atoms with Gasteiger partial charge in [-0.15, -0.1) is 5.10 Å². The van der Waals surface area contributed by atoms with E-state index < -0.39 is 16.0 Å². The van der Waals surface area contributed by atoms with Gasteiger partial charge in [0.15, 0.2) is 11.7 Å². The number of aromatic amines is 1. The zero-order valence-corrected chi connectivity index (χ0v) is 8.09. The highest BCUT2D eigenvalue weighted by Gasteiger charge is 2.14. The highest BCUT2D eigenvalue weighted by atomic mass is 32.2. The van der Waals surface area contributed by atoms with Gasteiger partial charge < -0.3 is 0 Å². The fourth-order valence-electron chi connectivity index (χ4n) is 1.02. The summed E-state index contributed by atoms with van der Waals surface area (Å²) in [4.78, 5) is 3.81. The first-order valence-electron chi connectivity index (χ1n) is 3.75. The Morgan fingerprint density at radius 3 is 2.93 bits per heavy atom. The Bertz CT molecular complexity index is 543. The van der Waals surface area contributed by atoms with Crippen molar-refractivity contribution >= 4 is 10.1 Å². The van der Waals surface area contributed by atoms with Gasteiger partial charge in [-0.3, -0.25) is 9.65 Å². The largest absolute Gasteiger partial charge is 0.285 e. The molecule has 0 aliphatic carbocycles. The molecule has 0 aliphatic heterocycles. The lowest BCUT2D eigenvalue weighted by Crippen LogP contribution is -2.12. The maximum Gasteiger partial charge on any atom is 0.285 e. The minimum Gasteiger partial charge on any atom is -0.284 e. The summed E-state index contributed by atoms with van der Waals surface area (Å²) < 4.78 is 30.9. The molecule has 0 aliphatic rings. The molecule has 2 aromatic heterocycles. The quantitative estimate of drug-likeness (QED) is 0.641. The van der Waals surface area contributed by atoms with Crippen molar-refractivity contribution in [1.29, 1.82) is 0 Å². The smallest absolute Gasteiger partial charge is 0.284 e. The van der Waals surface area contributed by atoms with E-state index in [2.05, 4.69) is 25.5 Å². The number of hydrogen-bond acceptors (Lipinski definition) is 6. The van der Waals surface area contributed by atoms with Crippen molar-refractivity contribution < 1.29 is 13.0 Å². The molecule has 0 fully saturated rings. The molecule has 0 atom stereocenters. The van der Waals surface area contributed by atoms with Gasteiger partial charge >= 0.3 is 0 Å². The molecule has 0 saturated carbocycles. The van der Waals surface area contributed by atoms with Crippen molar-refractivity contribution in [3.05, 3.63) is 12.5 Å². The first-order chi connectivity index (χ1) is 7.06. The second-order valence-electron chi connectivity index (χ2n) is 2.66. The summed E-state index contributed by atoms with van der Waals surface area (Å²) in [5.41, 5.74) is 0.324. The van der Waals surface area contributed by atoms with Crippen LogP contribution < -0.4 is 0 Å². The number of hydrogen-bond donors (Lipinski definition) is 2. The molecule has 15 heavy (non-hydrogen) atoms. The van der Waals surface area contributed by atoms with Crippen LogP contribution in [-0.2, 0) is 16.0 Å². The van der Waals surface area contributed by atoms with Crippen molar-refractivity contribution in [1.82, 2.24) is 30.2 Å². The highest BCUT2D eigenvalue weighted by molar-refractivity contribution is 7.84. The van der Waals surface area contributed by atoms with Gasteiger partial charge in [-0.1, -0.05) is 5.21 Å². The summed E-state index contributed by atoms with van der Waals surface area (Å²) >= 11 is 0. The summed E-state index contributed by atoms with van der Waals surface area (Å²) in [5, 5.41) is 13.1. The average Bonchev–Trinajstić information content (AvgIpc) is 2.68. The lowest BCUT2D eigenvalue weighted by molar-refractivity contribution is 0.465. The van der Waals surface area contributed by atoms with Crippen molar-refractivity contribution in [3.63, 3.8) is 0 Å². The minimum absolute atomic E-state index is 0.323. The van der Waals surface area contributed by atoms with Crippen LogP contribution in [0.2, 0.25) is 0 Å². The molecule has 2 heterocycles. The summed E-state index contributed by atoms with van der Waals surface area (Å²) in [6.07, 6.45) is 2.58. The van der Waals surface area contributed by atoms with E-state index in [4.69, 9.17) is 4.55 Å². The average molecular weight is 230 g/mol. The summed E-state index contributed by atoms with van der Waals surface area (Å²) in [6.45, 7) is 0. The van der Waals surface area contributed by atoms with Gasteiger partial charge in [-0.05, 0) is 0 Å². The molecule has 0 radical (unpaired) electrons. The molecular formula is C5H6N6O3S. The maximum atomic E-state index is 10.6. The van der Waals surface area contributed by atoms with Crippen LogP contribution in [0.3, 0.4) is 0 Å². The third-order valence-electron chi connectivity index (χ3n) is 1.56. The fraction of sp³-hybridized carbons (Fsp3) is 0.200. The normalized spacial score (nSPS) is 11.8.